The highest BCUT2D eigenvalue weighted by Crippen LogP contribution is 2.34. The van der Waals surface area contributed by atoms with E-state index in [0.717, 1.165) is 6.07 Å². The van der Waals surface area contributed by atoms with Crippen molar-refractivity contribution in [2.24, 2.45) is 0 Å². The van der Waals surface area contributed by atoms with Gasteiger partial charge in [0.1, 0.15) is 5.75 Å². The summed E-state index contributed by atoms with van der Waals surface area (Å²) in [5.41, 5.74) is -0.614. The highest BCUT2D eigenvalue weighted by Gasteiger charge is 2.32. The molecule has 0 radical (unpaired) electrons. The van der Waals surface area contributed by atoms with Gasteiger partial charge < -0.3 is 4.74 Å². The van der Waals surface area contributed by atoms with Gasteiger partial charge in [0.05, 0.1) is 18.2 Å². The van der Waals surface area contributed by atoms with Crippen molar-refractivity contribution < 1.29 is 17.9 Å². The van der Waals surface area contributed by atoms with Crippen molar-refractivity contribution in [1.82, 2.24) is 4.98 Å². The van der Waals surface area contributed by atoms with Crippen molar-refractivity contribution >= 4 is 10.9 Å². The Hall–Kier alpha value is -2.89. The molecule has 0 aliphatic heterocycles. The Kier molecular flexibility index (Phi) is 3.97. The lowest BCUT2D eigenvalue weighted by Gasteiger charge is -2.07. The molecule has 0 N–H and O–H groups in total. The molecular weight excluding hydrogens is 319 g/mol. The zero-order chi connectivity index (χ0) is 17.3. The smallest absolute Gasteiger partial charge is 0.417 e. The molecule has 1 aromatic heterocycles. The third-order valence-electron chi connectivity index (χ3n) is 3.66. The van der Waals surface area contributed by atoms with Crippen LogP contribution in [-0.2, 0) is 6.18 Å². The van der Waals surface area contributed by atoms with Crippen LogP contribution in [0.2, 0.25) is 0 Å². The Labute approximate surface area is 135 Å². The Morgan fingerprint density at radius 1 is 0.958 bits per heavy atom. The molecule has 1 heterocycles. The van der Waals surface area contributed by atoms with Crippen LogP contribution in [0.1, 0.15) is 5.56 Å². The molecule has 3 rings (SSSR count). The van der Waals surface area contributed by atoms with E-state index in [0.29, 0.717) is 11.3 Å². The summed E-state index contributed by atoms with van der Waals surface area (Å²) in [7, 11) is 1.52. The number of ether oxygens (including phenoxy) is 1. The standard InChI is InChI=1S/C18H12F3NO2/c1-24-12-7-5-11(6-8-12)13-9-10-14-15(18(19,20)21)3-2-4-16(14)22-17(13)23/h2-10H,1H3. The molecule has 0 bridgehead atoms. The van der Waals surface area contributed by atoms with Crippen molar-refractivity contribution in [2.75, 3.05) is 7.11 Å². The maximum absolute atomic E-state index is 13.1. The SMILES string of the molecule is COc1ccc(-c2ccc3c(C(F)(F)F)cccc3nc2=O)cc1. The molecule has 0 atom stereocenters. The first-order valence-corrected chi connectivity index (χ1v) is 7.06. The maximum atomic E-state index is 13.1. The monoisotopic (exact) mass is 331 g/mol. The number of fused-ring (bicyclic) bond motifs is 1. The van der Waals surface area contributed by atoms with E-state index in [-0.39, 0.29) is 16.5 Å². The highest BCUT2D eigenvalue weighted by atomic mass is 19.4. The molecule has 0 aliphatic rings. The lowest BCUT2D eigenvalue weighted by atomic mass is 10.1. The van der Waals surface area contributed by atoms with Crippen molar-refractivity contribution in [2.45, 2.75) is 6.18 Å². The van der Waals surface area contributed by atoms with Gasteiger partial charge in [-0.3, -0.25) is 4.79 Å². The van der Waals surface area contributed by atoms with Gasteiger partial charge in [0.15, 0.2) is 0 Å². The third-order valence-corrected chi connectivity index (χ3v) is 3.66. The second-order valence-electron chi connectivity index (χ2n) is 5.13. The highest BCUT2D eigenvalue weighted by molar-refractivity contribution is 5.83. The molecule has 0 amide bonds. The van der Waals surface area contributed by atoms with Crippen LogP contribution in [0.5, 0.6) is 5.75 Å². The summed E-state index contributed by atoms with van der Waals surface area (Å²) in [5.74, 6) is 0.615. The van der Waals surface area contributed by atoms with Crippen molar-refractivity contribution in [3.8, 4) is 16.9 Å². The van der Waals surface area contributed by atoms with Crippen LogP contribution in [0, 0.1) is 0 Å². The predicted octanol–water partition coefficient (Wildman–Crippen LogP) is 4.29. The molecule has 6 heteroatoms. The van der Waals surface area contributed by atoms with Crippen molar-refractivity contribution in [3.63, 3.8) is 0 Å². The second kappa shape index (κ2) is 5.96. The normalized spacial score (nSPS) is 11.5. The fraction of sp³-hybridized carbons (Fsp3) is 0.111. The minimum atomic E-state index is -4.52. The van der Waals surface area contributed by atoms with E-state index in [4.69, 9.17) is 4.74 Å². The van der Waals surface area contributed by atoms with Gasteiger partial charge in [-0.05, 0) is 35.9 Å². The minimum absolute atomic E-state index is 0.00888. The molecule has 0 spiro atoms. The lowest BCUT2D eigenvalue weighted by molar-refractivity contribution is -0.136. The maximum Gasteiger partial charge on any atom is 0.417 e. The number of hydrogen-bond acceptors (Lipinski definition) is 3. The van der Waals surface area contributed by atoms with E-state index in [1.807, 2.05) is 0 Å². The molecule has 0 unspecified atom stereocenters. The minimum Gasteiger partial charge on any atom is -0.497 e. The van der Waals surface area contributed by atoms with Gasteiger partial charge in [0.2, 0.25) is 0 Å². The Morgan fingerprint density at radius 2 is 1.67 bits per heavy atom. The van der Waals surface area contributed by atoms with E-state index in [2.05, 4.69) is 4.98 Å². The zero-order valence-electron chi connectivity index (χ0n) is 12.6. The van der Waals surface area contributed by atoms with E-state index in [9.17, 15) is 18.0 Å². The number of hydrogen-bond donors (Lipinski definition) is 0. The van der Waals surface area contributed by atoms with Gasteiger partial charge in [-0.25, -0.2) is 4.98 Å². The summed E-state index contributed by atoms with van der Waals surface area (Å²) in [4.78, 5) is 16.2. The summed E-state index contributed by atoms with van der Waals surface area (Å²) < 4.78 is 44.4. The number of rotatable bonds is 2. The molecule has 3 nitrogen and oxygen atoms in total. The number of benzene rings is 2. The molecule has 2 aromatic carbocycles. The zero-order valence-corrected chi connectivity index (χ0v) is 12.6. The Balaban J connectivity index is 2.25. The molecule has 0 aliphatic carbocycles. The molecule has 24 heavy (non-hydrogen) atoms. The van der Waals surface area contributed by atoms with Crippen LogP contribution in [-0.4, -0.2) is 12.1 Å². The first-order chi connectivity index (χ1) is 11.4. The summed E-state index contributed by atoms with van der Waals surface area (Å²) in [5, 5.41) is -0.109. The Morgan fingerprint density at radius 3 is 2.29 bits per heavy atom. The van der Waals surface area contributed by atoms with E-state index in [1.54, 1.807) is 24.3 Å². The van der Waals surface area contributed by atoms with Crippen LogP contribution < -0.4 is 10.3 Å². The molecule has 0 fully saturated rings. The van der Waals surface area contributed by atoms with Crippen LogP contribution in [0.3, 0.4) is 0 Å². The van der Waals surface area contributed by atoms with Crippen LogP contribution >= 0.6 is 0 Å². The molecule has 0 saturated heterocycles. The summed E-state index contributed by atoms with van der Waals surface area (Å²) in [6, 6.07) is 12.9. The van der Waals surface area contributed by atoms with Gasteiger partial charge >= 0.3 is 6.18 Å². The predicted molar refractivity (Wildman–Crippen MR) is 85.0 cm³/mol. The summed E-state index contributed by atoms with van der Waals surface area (Å²) in [6.07, 6.45) is -4.52. The van der Waals surface area contributed by atoms with Gasteiger partial charge in [0, 0.05) is 10.9 Å². The van der Waals surface area contributed by atoms with Gasteiger partial charge in [-0.2, -0.15) is 13.2 Å². The van der Waals surface area contributed by atoms with E-state index >= 15 is 0 Å². The number of halogens is 3. The fourth-order valence-electron chi connectivity index (χ4n) is 2.47. The van der Waals surface area contributed by atoms with Gasteiger partial charge in [0.25, 0.3) is 5.56 Å². The van der Waals surface area contributed by atoms with Crippen molar-refractivity contribution in [1.29, 1.82) is 0 Å². The molecular formula is C18H12F3NO2. The number of aromatic nitrogens is 1. The van der Waals surface area contributed by atoms with E-state index < -0.39 is 17.3 Å². The topological polar surface area (TPSA) is 39.2 Å². The fourth-order valence-corrected chi connectivity index (χ4v) is 2.47. The largest absolute Gasteiger partial charge is 0.497 e. The lowest BCUT2D eigenvalue weighted by Crippen LogP contribution is -2.07. The van der Waals surface area contributed by atoms with Gasteiger partial charge in [-0.15, -0.1) is 0 Å². The first-order valence-electron chi connectivity index (χ1n) is 7.06. The number of nitrogens with zero attached hydrogens (tertiary/aromatic N) is 1. The number of methoxy groups -OCH3 is 1. The Bertz CT molecular complexity index is 951. The third kappa shape index (κ3) is 2.95. The average Bonchev–Trinajstić information content (AvgIpc) is 2.72. The quantitative estimate of drug-likeness (QED) is 0.703. The van der Waals surface area contributed by atoms with Gasteiger partial charge in [-0.1, -0.05) is 24.3 Å². The van der Waals surface area contributed by atoms with Crippen LogP contribution in [0.25, 0.3) is 22.0 Å². The first kappa shape index (κ1) is 16.0. The number of alkyl halides is 3. The summed E-state index contributed by atoms with van der Waals surface area (Å²) >= 11 is 0. The second-order valence-corrected chi connectivity index (χ2v) is 5.13. The molecule has 3 aromatic rings. The van der Waals surface area contributed by atoms with Crippen LogP contribution in [0.15, 0.2) is 59.4 Å². The molecule has 0 saturated carbocycles. The summed E-state index contributed by atoms with van der Waals surface area (Å²) in [6.45, 7) is 0. The average molecular weight is 331 g/mol. The van der Waals surface area contributed by atoms with Crippen LogP contribution in [0.4, 0.5) is 13.2 Å². The van der Waals surface area contributed by atoms with Crippen molar-refractivity contribution in [3.05, 3.63) is 70.5 Å². The molecule has 122 valence electrons. The van der Waals surface area contributed by atoms with E-state index in [1.165, 1.54) is 31.4 Å².